The number of hydrogen-bond acceptors (Lipinski definition) is 3. The molecular weight excluding hydrogens is 108 g/mol. The molecule has 0 aromatic carbocycles. The third-order valence-electron chi connectivity index (χ3n) is 1.30. The first-order valence-electron chi connectivity index (χ1n) is 2.62. The van der Waals surface area contributed by atoms with Gasteiger partial charge in [0.05, 0.1) is 5.29 Å². The topological polar surface area (TPSA) is 52.9 Å². The van der Waals surface area contributed by atoms with Crippen LogP contribution in [0.2, 0.25) is 0 Å². The largest absolute Gasteiger partial charge is 0.372 e. The Morgan fingerprint density at radius 1 is 1.75 bits per heavy atom. The molecule has 1 N–H and O–H groups in total. The van der Waals surface area contributed by atoms with Crippen molar-refractivity contribution >= 4 is 0 Å². The van der Waals surface area contributed by atoms with Crippen molar-refractivity contribution in [1.82, 2.24) is 5.01 Å². The highest BCUT2D eigenvalue weighted by molar-refractivity contribution is 4.65. The first-order chi connectivity index (χ1) is 3.84. The summed E-state index contributed by atoms with van der Waals surface area (Å²) in [6, 6.07) is 0. The maximum atomic E-state index is 9.73. The molecule has 1 rings (SSSR count). The minimum Gasteiger partial charge on any atom is -0.372 e. The van der Waals surface area contributed by atoms with Crippen molar-refractivity contribution in [3.63, 3.8) is 0 Å². The van der Waals surface area contributed by atoms with Gasteiger partial charge in [-0.1, -0.05) is 0 Å². The molecule has 1 aliphatic heterocycles. The van der Waals surface area contributed by atoms with E-state index in [9.17, 15) is 4.91 Å². The normalized spacial score (nSPS) is 28.6. The summed E-state index contributed by atoms with van der Waals surface area (Å²) in [5.41, 5.74) is 0. The lowest BCUT2D eigenvalue weighted by molar-refractivity contribution is 0.0390. The second-order valence-corrected chi connectivity index (χ2v) is 1.87. The van der Waals surface area contributed by atoms with E-state index in [0.717, 1.165) is 11.4 Å². The van der Waals surface area contributed by atoms with Gasteiger partial charge in [-0.2, -0.15) is 0 Å². The third kappa shape index (κ3) is 0.790. The summed E-state index contributed by atoms with van der Waals surface area (Å²) in [6.07, 6.45) is 0.922. The van der Waals surface area contributed by atoms with E-state index in [0.29, 0.717) is 13.0 Å². The van der Waals surface area contributed by atoms with Crippen LogP contribution in [0.25, 0.3) is 0 Å². The molecule has 1 fully saturated rings. The predicted molar refractivity (Wildman–Crippen MR) is 27.7 cm³/mol. The Kier molecular flexibility index (Phi) is 1.43. The van der Waals surface area contributed by atoms with Crippen molar-refractivity contribution in [3.05, 3.63) is 4.91 Å². The van der Waals surface area contributed by atoms with Gasteiger partial charge in [0, 0.05) is 6.54 Å². The lowest BCUT2D eigenvalue weighted by Crippen LogP contribution is -2.22. The van der Waals surface area contributed by atoms with Crippen molar-refractivity contribution in [2.45, 2.75) is 19.1 Å². The van der Waals surface area contributed by atoms with Gasteiger partial charge in [-0.05, 0) is 12.8 Å². The Hall–Kier alpha value is -0.640. The molecule has 0 amide bonds. The quantitative estimate of drug-likeness (QED) is 0.493. The van der Waals surface area contributed by atoms with Gasteiger partial charge in [0.15, 0.2) is 0 Å². The van der Waals surface area contributed by atoms with Crippen LogP contribution in [0.15, 0.2) is 5.29 Å². The fourth-order valence-corrected chi connectivity index (χ4v) is 0.829. The second-order valence-electron chi connectivity index (χ2n) is 1.87. The highest BCUT2D eigenvalue weighted by atomic mass is 16.3. The molecule has 0 aromatic heterocycles. The van der Waals surface area contributed by atoms with Crippen molar-refractivity contribution in [3.8, 4) is 0 Å². The zero-order chi connectivity index (χ0) is 5.98. The van der Waals surface area contributed by atoms with Crippen LogP contribution in [0.5, 0.6) is 0 Å². The van der Waals surface area contributed by atoms with Crippen LogP contribution in [0.4, 0.5) is 0 Å². The van der Waals surface area contributed by atoms with Gasteiger partial charge in [0.25, 0.3) is 0 Å². The Bertz CT molecular complexity index is 96.0. The van der Waals surface area contributed by atoms with Gasteiger partial charge >= 0.3 is 0 Å². The molecule has 0 radical (unpaired) electrons. The summed E-state index contributed by atoms with van der Waals surface area (Å²) in [6.45, 7) is 0.602. The molecule has 1 saturated heterocycles. The van der Waals surface area contributed by atoms with Crippen molar-refractivity contribution in [2.75, 3.05) is 6.54 Å². The van der Waals surface area contributed by atoms with Crippen LogP contribution in [-0.4, -0.2) is 22.9 Å². The van der Waals surface area contributed by atoms with E-state index in [-0.39, 0.29) is 0 Å². The van der Waals surface area contributed by atoms with E-state index >= 15 is 0 Å². The zero-order valence-corrected chi connectivity index (χ0v) is 4.45. The van der Waals surface area contributed by atoms with E-state index < -0.39 is 6.23 Å². The van der Waals surface area contributed by atoms with E-state index in [4.69, 9.17) is 5.11 Å². The summed E-state index contributed by atoms with van der Waals surface area (Å²) < 4.78 is 0. The maximum Gasteiger partial charge on any atom is 0.145 e. The van der Waals surface area contributed by atoms with Crippen molar-refractivity contribution < 1.29 is 5.11 Å². The fourth-order valence-electron chi connectivity index (χ4n) is 0.829. The minimum absolute atomic E-state index is 0.602. The number of nitroso groups, excluding NO2 is 1. The molecule has 1 unspecified atom stereocenters. The van der Waals surface area contributed by atoms with E-state index in [1.807, 2.05) is 0 Å². The molecule has 1 aliphatic rings. The molecule has 46 valence electrons. The number of aliphatic hydroxyl groups is 1. The van der Waals surface area contributed by atoms with Gasteiger partial charge in [-0.15, -0.1) is 4.91 Å². The van der Waals surface area contributed by atoms with Crippen molar-refractivity contribution in [1.29, 1.82) is 0 Å². The lowest BCUT2D eigenvalue weighted by atomic mass is 10.4. The van der Waals surface area contributed by atoms with Crippen LogP contribution >= 0.6 is 0 Å². The molecule has 4 heteroatoms. The van der Waals surface area contributed by atoms with Crippen LogP contribution in [0.3, 0.4) is 0 Å². The Balaban J connectivity index is 2.41. The Labute approximate surface area is 47.0 Å². The highest BCUT2D eigenvalue weighted by Crippen LogP contribution is 2.13. The number of aliphatic hydroxyl groups excluding tert-OH is 1. The molecule has 8 heavy (non-hydrogen) atoms. The van der Waals surface area contributed by atoms with E-state index in [2.05, 4.69) is 5.29 Å². The predicted octanol–water partition coefficient (Wildman–Crippen LogP) is 0.0820. The third-order valence-corrected chi connectivity index (χ3v) is 1.30. The van der Waals surface area contributed by atoms with E-state index in [1.165, 1.54) is 0 Å². The Morgan fingerprint density at radius 2 is 2.50 bits per heavy atom. The smallest absolute Gasteiger partial charge is 0.145 e. The van der Waals surface area contributed by atoms with Crippen LogP contribution in [-0.2, 0) is 0 Å². The summed E-state index contributed by atoms with van der Waals surface area (Å²) in [5.74, 6) is 0. The summed E-state index contributed by atoms with van der Waals surface area (Å²) in [5, 5.41) is 12.6. The molecule has 1 heterocycles. The molecule has 0 saturated carbocycles. The van der Waals surface area contributed by atoms with Crippen LogP contribution < -0.4 is 0 Å². The van der Waals surface area contributed by atoms with Gasteiger partial charge in [-0.3, -0.25) is 0 Å². The Morgan fingerprint density at radius 3 is 2.75 bits per heavy atom. The standard InChI is InChI=1S/C4H8N2O2/c7-4-2-1-3-6(4)5-8/h4,7H,1-3H2. The monoisotopic (exact) mass is 116 g/mol. The minimum atomic E-state index is -0.618. The second kappa shape index (κ2) is 2.09. The van der Waals surface area contributed by atoms with Crippen LogP contribution in [0, 0.1) is 4.91 Å². The maximum absolute atomic E-state index is 9.73. The first kappa shape index (κ1) is 5.50. The number of rotatable bonds is 1. The van der Waals surface area contributed by atoms with E-state index in [1.54, 1.807) is 0 Å². The van der Waals surface area contributed by atoms with Gasteiger partial charge in [-0.25, -0.2) is 5.01 Å². The molecule has 0 aliphatic carbocycles. The molecular formula is C4H8N2O2. The summed E-state index contributed by atoms with van der Waals surface area (Å²) >= 11 is 0. The summed E-state index contributed by atoms with van der Waals surface area (Å²) in [4.78, 5) is 9.73. The summed E-state index contributed by atoms with van der Waals surface area (Å²) in [7, 11) is 0. The van der Waals surface area contributed by atoms with Gasteiger partial charge in [0.2, 0.25) is 0 Å². The number of hydrogen-bond donors (Lipinski definition) is 1. The average molecular weight is 116 g/mol. The fraction of sp³-hybridized carbons (Fsp3) is 1.00. The van der Waals surface area contributed by atoms with Crippen molar-refractivity contribution in [2.24, 2.45) is 5.29 Å². The number of nitrogens with zero attached hydrogens (tertiary/aromatic N) is 2. The van der Waals surface area contributed by atoms with Gasteiger partial charge < -0.3 is 5.11 Å². The van der Waals surface area contributed by atoms with Gasteiger partial charge in [0.1, 0.15) is 6.23 Å². The first-order valence-corrected chi connectivity index (χ1v) is 2.62. The molecule has 0 bridgehead atoms. The average Bonchev–Trinajstić information content (AvgIpc) is 2.14. The molecule has 0 spiro atoms. The molecule has 4 nitrogen and oxygen atoms in total. The highest BCUT2D eigenvalue weighted by Gasteiger charge is 2.20. The van der Waals surface area contributed by atoms with Crippen LogP contribution in [0.1, 0.15) is 12.8 Å². The zero-order valence-electron chi connectivity index (χ0n) is 4.45. The SMILES string of the molecule is O=NN1CCCC1O. The lowest BCUT2D eigenvalue weighted by Gasteiger charge is -2.09. The molecule has 0 aromatic rings. The molecule has 1 atom stereocenters.